The lowest BCUT2D eigenvalue weighted by Gasteiger charge is -2.16. The van der Waals surface area contributed by atoms with Crippen molar-refractivity contribution < 1.29 is 5.11 Å². The predicted molar refractivity (Wildman–Crippen MR) is 94.6 cm³/mol. The van der Waals surface area contributed by atoms with Gasteiger partial charge in [-0.25, -0.2) is 0 Å². The molecule has 0 spiro atoms. The lowest BCUT2D eigenvalue weighted by atomic mass is 10.0. The number of hydrogen-bond acceptors (Lipinski definition) is 2. The molecule has 0 aromatic heterocycles. The fraction of sp³-hybridized carbons (Fsp3) is 1.00. The van der Waals surface area contributed by atoms with Crippen LogP contribution in [0.1, 0.15) is 110 Å². The number of aliphatic hydroxyl groups is 1. The van der Waals surface area contributed by atoms with Crippen LogP contribution >= 0.6 is 0 Å². The average Bonchev–Trinajstić information content (AvgIpc) is 2.50. The number of aliphatic hydroxyl groups excluding tert-OH is 1. The van der Waals surface area contributed by atoms with Gasteiger partial charge in [-0.2, -0.15) is 0 Å². The van der Waals surface area contributed by atoms with Gasteiger partial charge in [0.2, 0.25) is 0 Å². The van der Waals surface area contributed by atoms with Crippen LogP contribution in [0.4, 0.5) is 0 Å². The summed E-state index contributed by atoms with van der Waals surface area (Å²) in [5, 5.41) is 9.77. The Hall–Kier alpha value is -0.0800. The Bertz CT molecular complexity index is 196. The van der Waals surface area contributed by atoms with Crippen LogP contribution in [0.2, 0.25) is 0 Å². The molecule has 0 amide bonds. The SMILES string of the molecule is CCCCCCCCCCCCCCC[C@H](O)[C@H](N)CC. The van der Waals surface area contributed by atoms with E-state index in [0.717, 1.165) is 19.3 Å². The van der Waals surface area contributed by atoms with Crippen LogP contribution in [-0.2, 0) is 0 Å². The molecular weight excluding hydrogens is 258 g/mol. The van der Waals surface area contributed by atoms with Crippen LogP contribution in [0.3, 0.4) is 0 Å². The Morgan fingerprint density at radius 1 is 0.667 bits per heavy atom. The molecule has 0 radical (unpaired) electrons. The largest absolute Gasteiger partial charge is 0.392 e. The van der Waals surface area contributed by atoms with E-state index in [-0.39, 0.29) is 12.1 Å². The molecule has 3 N–H and O–H groups in total. The molecule has 0 aromatic carbocycles. The second kappa shape index (κ2) is 16.3. The molecule has 0 heterocycles. The summed E-state index contributed by atoms with van der Waals surface area (Å²) in [7, 11) is 0. The number of rotatable bonds is 16. The van der Waals surface area contributed by atoms with Crippen LogP contribution in [0.25, 0.3) is 0 Å². The molecule has 2 nitrogen and oxygen atoms in total. The molecule has 0 fully saturated rings. The fourth-order valence-electron chi connectivity index (χ4n) is 2.86. The van der Waals surface area contributed by atoms with Crippen molar-refractivity contribution in [2.75, 3.05) is 0 Å². The molecular formula is C19H41NO. The van der Waals surface area contributed by atoms with Crippen molar-refractivity contribution in [3.05, 3.63) is 0 Å². The number of unbranched alkanes of at least 4 members (excludes halogenated alkanes) is 12. The summed E-state index contributed by atoms with van der Waals surface area (Å²) in [5.74, 6) is 0. The fourth-order valence-corrected chi connectivity index (χ4v) is 2.86. The summed E-state index contributed by atoms with van der Waals surface area (Å²) in [6.45, 7) is 4.32. The average molecular weight is 300 g/mol. The Balaban J connectivity index is 3.09. The maximum Gasteiger partial charge on any atom is 0.0691 e. The first-order valence-electron chi connectivity index (χ1n) is 9.66. The van der Waals surface area contributed by atoms with E-state index in [1.54, 1.807) is 0 Å². The minimum absolute atomic E-state index is 0.0256. The van der Waals surface area contributed by atoms with E-state index in [1.807, 2.05) is 6.92 Å². The van der Waals surface area contributed by atoms with Crippen LogP contribution in [0, 0.1) is 0 Å². The molecule has 0 aliphatic heterocycles. The second-order valence-corrected chi connectivity index (χ2v) is 6.67. The minimum atomic E-state index is -0.289. The molecule has 0 bridgehead atoms. The van der Waals surface area contributed by atoms with Gasteiger partial charge in [0, 0.05) is 6.04 Å². The van der Waals surface area contributed by atoms with E-state index in [0.29, 0.717) is 0 Å². The molecule has 0 saturated heterocycles. The van der Waals surface area contributed by atoms with Crippen LogP contribution < -0.4 is 5.73 Å². The van der Waals surface area contributed by atoms with Crippen molar-refractivity contribution in [2.24, 2.45) is 5.73 Å². The number of nitrogens with two attached hydrogens (primary N) is 1. The van der Waals surface area contributed by atoms with Gasteiger partial charge in [-0.3, -0.25) is 0 Å². The lowest BCUT2D eigenvalue weighted by Crippen LogP contribution is -2.33. The van der Waals surface area contributed by atoms with Crippen LogP contribution in [0.15, 0.2) is 0 Å². The quantitative estimate of drug-likeness (QED) is 0.366. The maximum absolute atomic E-state index is 9.77. The van der Waals surface area contributed by atoms with Crippen molar-refractivity contribution in [1.29, 1.82) is 0 Å². The van der Waals surface area contributed by atoms with Crippen LogP contribution in [-0.4, -0.2) is 17.3 Å². The zero-order valence-corrected chi connectivity index (χ0v) is 14.8. The Morgan fingerprint density at radius 2 is 1.05 bits per heavy atom. The van der Waals surface area contributed by atoms with E-state index in [4.69, 9.17) is 5.73 Å². The van der Waals surface area contributed by atoms with Crippen molar-refractivity contribution in [2.45, 2.75) is 122 Å². The third-order valence-corrected chi connectivity index (χ3v) is 4.57. The summed E-state index contributed by atoms with van der Waals surface area (Å²) in [4.78, 5) is 0. The van der Waals surface area contributed by atoms with Crippen molar-refractivity contribution >= 4 is 0 Å². The highest BCUT2D eigenvalue weighted by Crippen LogP contribution is 2.14. The molecule has 0 aliphatic carbocycles. The van der Waals surface area contributed by atoms with Gasteiger partial charge in [-0.05, 0) is 12.8 Å². The van der Waals surface area contributed by atoms with Gasteiger partial charge in [-0.15, -0.1) is 0 Å². The summed E-state index contributed by atoms with van der Waals surface area (Å²) in [6, 6.07) is -0.0256. The minimum Gasteiger partial charge on any atom is -0.392 e. The molecule has 128 valence electrons. The van der Waals surface area contributed by atoms with Gasteiger partial charge in [0.1, 0.15) is 0 Å². The highest BCUT2D eigenvalue weighted by atomic mass is 16.3. The van der Waals surface area contributed by atoms with Gasteiger partial charge in [0.05, 0.1) is 6.10 Å². The van der Waals surface area contributed by atoms with E-state index in [9.17, 15) is 5.11 Å². The second-order valence-electron chi connectivity index (χ2n) is 6.67. The third kappa shape index (κ3) is 14.6. The Labute approximate surface area is 133 Å². The molecule has 2 heteroatoms. The van der Waals surface area contributed by atoms with Gasteiger partial charge in [-0.1, -0.05) is 97.3 Å². The predicted octanol–water partition coefficient (Wildman–Crippen LogP) is 5.57. The topological polar surface area (TPSA) is 46.2 Å². The Kier molecular flexibility index (Phi) is 16.2. The van der Waals surface area contributed by atoms with Crippen molar-refractivity contribution in [3.63, 3.8) is 0 Å². The van der Waals surface area contributed by atoms with Crippen molar-refractivity contribution in [3.8, 4) is 0 Å². The van der Waals surface area contributed by atoms with E-state index < -0.39 is 0 Å². The standard InChI is InChI=1S/C19H41NO/c1-3-5-6-7-8-9-10-11-12-13-14-15-16-17-19(21)18(20)4-2/h18-19,21H,3-17,20H2,1-2H3/t18-,19+/m1/s1. The van der Waals surface area contributed by atoms with Crippen LogP contribution in [0.5, 0.6) is 0 Å². The first-order valence-corrected chi connectivity index (χ1v) is 9.66. The monoisotopic (exact) mass is 299 g/mol. The van der Waals surface area contributed by atoms with Crippen molar-refractivity contribution in [1.82, 2.24) is 0 Å². The molecule has 21 heavy (non-hydrogen) atoms. The summed E-state index contributed by atoms with van der Waals surface area (Å²) < 4.78 is 0. The van der Waals surface area contributed by atoms with Gasteiger partial charge >= 0.3 is 0 Å². The molecule has 0 unspecified atom stereocenters. The zero-order chi connectivity index (χ0) is 15.8. The zero-order valence-electron chi connectivity index (χ0n) is 14.8. The van der Waals surface area contributed by atoms with Gasteiger partial charge in [0.25, 0.3) is 0 Å². The van der Waals surface area contributed by atoms with E-state index in [1.165, 1.54) is 77.0 Å². The van der Waals surface area contributed by atoms with Gasteiger partial charge < -0.3 is 10.8 Å². The first-order chi connectivity index (χ1) is 10.2. The first kappa shape index (κ1) is 20.9. The number of hydrogen-bond donors (Lipinski definition) is 2. The maximum atomic E-state index is 9.77. The molecule has 0 aromatic rings. The molecule has 0 rings (SSSR count). The highest BCUT2D eigenvalue weighted by molar-refractivity contribution is 4.69. The molecule has 0 saturated carbocycles. The normalized spacial score (nSPS) is 14.3. The highest BCUT2D eigenvalue weighted by Gasteiger charge is 2.11. The summed E-state index contributed by atoms with van der Waals surface area (Å²) in [6.07, 6.45) is 19.3. The smallest absolute Gasteiger partial charge is 0.0691 e. The Morgan fingerprint density at radius 3 is 1.43 bits per heavy atom. The summed E-state index contributed by atoms with van der Waals surface area (Å²) in [5.41, 5.74) is 5.81. The van der Waals surface area contributed by atoms with E-state index in [2.05, 4.69) is 6.92 Å². The summed E-state index contributed by atoms with van der Waals surface area (Å²) >= 11 is 0. The van der Waals surface area contributed by atoms with Gasteiger partial charge in [0.15, 0.2) is 0 Å². The third-order valence-electron chi connectivity index (χ3n) is 4.57. The molecule has 2 atom stereocenters. The lowest BCUT2D eigenvalue weighted by molar-refractivity contribution is 0.129. The molecule has 0 aliphatic rings. The van der Waals surface area contributed by atoms with E-state index >= 15 is 0 Å².